The molecular weight excluding hydrogens is 471 g/mol. The lowest BCUT2D eigenvalue weighted by Gasteiger charge is -2.43. The van der Waals surface area contributed by atoms with Gasteiger partial charge in [0.1, 0.15) is 16.9 Å². The van der Waals surface area contributed by atoms with E-state index in [2.05, 4.69) is 9.62 Å². The van der Waals surface area contributed by atoms with Crippen molar-refractivity contribution in [2.24, 2.45) is 5.92 Å². The number of fused-ring (bicyclic) bond motifs is 3. The van der Waals surface area contributed by atoms with Gasteiger partial charge in [0.25, 0.3) is 0 Å². The molecule has 8 nitrogen and oxygen atoms in total. The number of benzene rings is 1. The summed E-state index contributed by atoms with van der Waals surface area (Å²) in [4.78, 5) is 13.7. The number of nitrogens with zero attached hydrogens (tertiary/aromatic N) is 1. The van der Waals surface area contributed by atoms with Gasteiger partial charge in [-0.05, 0) is 57.3 Å². The minimum Gasteiger partial charge on any atom is -0.476 e. The molecule has 0 aromatic heterocycles. The summed E-state index contributed by atoms with van der Waals surface area (Å²) in [6.07, 6.45) is 7.61. The number of carboxylic acid groups (broad SMARTS) is 1. The normalized spacial score (nSPS) is 28.5. The lowest BCUT2D eigenvalue weighted by molar-refractivity contribution is -0.134. The van der Waals surface area contributed by atoms with Crippen LogP contribution in [-0.4, -0.2) is 57.1 Å². The molecule has 0 unspecified atom stereocenters. The van der Waals surface area contributed by atoms with Crippen LogP contribution < -0.4 is 14.4 Å². The summed E-state index contributed by atoms with van der Waals surface area (Å²) in [5.41, 5.74) is 0.502. The quantitative estimate of drug-likeness (QED) is 0.317. The number of nitrogens with one attached hydrogen (secondary N) is 1. The lowest BCUT2D eigenvalue weighted by atomic mass is 9.90. The molecule has 2 N–H and O–H groups in total. The van der Waals surface area contributed by atoms with E-state index < -0.39 is 27.9 Å². The van der Waals surface area contributed by atoms with Gasteiger partial charge in [-0.25, -0.2) is 17.9 Å². The second-order valence-electron chi connectivity index (χ2n) is 8.82. The zero-order chi connectivity index (χ0) is 23.8. The first-order chi connectivity index (χ1) is 15.7. The van der Waals surface area contributed by atoms with Crippen LogP contribution in [0, 0.1) is 5.92 Å². The molecule has 0 amide bonds. The molecule has 3 aliphatic rings. The number of sulfonamides is 1. The highest BCUT2D eigenvalue weighted by Crippen LogP contribution is 2.54. The zero-order valence-electron chi connectivity index (χ0n) is 18.7. The average molecular weight is 501 g/mol. The van der Waals surface area contributed by atoms with E-state index in [0.29, 0.717) is 35.9 Å². The Hall–Kier alpha value is -1.82. The minimum absolute atomic E-state index is 0.0446. The summed E-state index contributed by atoms with van der Waals surface area (Å²) in [6.45, 7) is 3.09. The number of hydrogen-bond donors (Lipinski definition) is 2. The maximum atomic E-state index is 13.5. The monoisotopic (exact) mass is 500 g/mol. The number of rotatable bonds is 8. The van der Waals surface area contributed by atoms with Crippen LogP contribution >= 0.6 is 11.8 Å². The van der Waals surface area contributed by atoms with Crippen LogP contribution in [0.2, 0.25) is 0 Å². The van der Waals surface area contributed by atoms with Crippen molar-refractivity contribution in [2.45, 2.75) is 60.4 Å². The summed E-state index contributed by atoms with van der Waals surface area (Å²) >= 11 is 1.32. The Morgan fingerprint density at radius 3 is 2.70 bits per heavy atom. The maximum absolute atomic E-state index is 13.5. The van der Waals surface area contributed by atoms with Crippen molar-refractivity contribution in [1.82, 2.24) is 4.72 Å². The van der Waals surface area contributed by atoms with Crippen LogP contribution in [0.1, 0.15) is 39.0 Å². The van der Waals surface area contributed by atoms with Gasteiger partial charge in [0.2, 0.25) is 15.9 Å². The van der Waals surface area contributed by atoms with E-state index in [1.807, 2.05) is 6.92 Å². The maximum Gasteiger partial charge on any atom is 0.368 e. The third-order valence-corrected chi connectivity index (χ3v) is 9.15. The van der Waals surface area contributed by atoms with Crippen molar-refractivity contribution in [3.05, 3.63) is 24.2 Å². The molecule has 1 aromatic carbocycles. The van der Waals surface area contributed by atoms with Gasteiger partial charge in [-0.2, -0.15) is 4.39 Å². The van der Waals surface area contributed by atoms with E-state index in [4.69, 9.17) is 14.6 Å². The number of carbonyl (C=O) groups is 1. The molecule has 11 heteroatoms. The van der Waals surface area contributed by atoms with Gasteiger partial charge in [-0.1, -0.05) is 0 Å². The highest BCUT2D eigenvalue weighted by Gasteiger charge is 2.51. The highest BCUT2D eigenvalue weighted by atomic mass is 32.2. The van der Waals surface area contributed by atoms with Gasteiger partial charge >= 0.3 is 5.97 Å². The molecule has 1 atom stereocenters. The SMILES string of the molecule is CCOC[C@@H]1CN(C23CCC(CC2)C3)c2cc(SC)c(O/C=C(\F)C(=O)O)cc2S(=O)(=O)N1. The van der Waals surface area contributed by atoms with E-state index in [9.17, 15) is 17.6 Å². The summed E-state index contributed by atoms with van der Waals surface area (Å²) < 4.78 is 53.9. The Morgan fingerprint density at radius 2 is 2.12 bits per heavy atom. The average Bonchev–Trinajstić information content (AvgIpc) is 3.37. The van der Waals surface area contributed by atoms with Crippen LogP contribution in [0.15, 0.2) is 34.0 Å². The molecule has 2 fully saturated rings. The Bertz CT molecular complexity index is 1050. The Kier molecular flexibility index (Phi) is 6.95. The molecule has 0 saturated heterocycles. The van der Waals surface area contributed by atoms with Gasteiger partial charge in [-0.15, -0.1) is 11.8 Å². The van der Waals surface area contributed by atoms with Crippen molar-refractivity contribution in [3.63, 3.8) is 0 Å². The Balaban J connectivity index is 1.82. The van der Waals surface area contributed by atoms with Crippen LogP contribution in [0.3, 0.4) is 0 Å². The minimum atomic E-state index is -3.94. The van der Waals surface area contributed by atoms with Gasteiger partial charge in [-0.3, -0.25) is 0 Å². The van der Waals surface area contributed by atoms with E-state index in [-0.39, 0.29) is 22.8 Å². The van der Waals surface area contributed by atoms with Gasteiger partial charge < -0.3 is 19.5 Å². The Morgan fingerprint density at radius 1 is 1.39 bits per heavy atom. The molecular formula is C22H29FN2O6S2. The van der Waals surface area contributed by atoms with E-state index in [1.165, 1.54) is 17.8 Å². The zero-order valence-corrected chi connectivity index (χ0v) is 20.3. The molecule has 2 saturated carbocycles. The fourth-order valence-electron chi connectivity index (χ4n) is 5.35. The molecule has 2 bridgehead atoms. The largest absolute Gasteiger partial charge is 0.476 e. The predicted octanol–water partition coefficient (Wildman–Crippen LogP) is 3.52. The lowest BCUT2D eigenvalue weighted by Crippen LogP contribution is -2.52. The van der Waals surface area contributed by atoms with Gasteiger partial charge in [0, 0.05) is 24.8 Å². The molecule has 182 valence electrons. The number of halogens is 1. The number of thioether (sulfide) groups is 1. The third kappa shape index (κ3) is 4.73. The van der Waals surface area contributed by atoms with Crippen molar-refractivity contribution >= 4 is 33.4 Å². The van der Waals surface area contributed by atoms with Crippen molar-refractivity contribution in [2.75, 3.05) is 30.9 Å². The topological polar surface area (TPSA) is 105 Å². The van der Waals surface area contributed by atoms with Crippen molar-refractivity contribution in [1.29, 1.82) is 0 Å². The van der Waals surface area contributed by atoms with Crippen LogP contribution in [0.5, 0.6) is 5.75 Å². The number of ether oxygens (including phenoxy) is 2. The molecule has 0 spiro atoms. The first kappa shape index (κ1) is 24.3. The third-order valence-electron chi connectivity index (χ3n) is 6.84. The van der Waals surface area contributed by atoms with Gasteiger partial charge in [0.15, 0.2) is 0 Å². The summed E-state index contributed by atoms with van der Waals surface area (Å²) in [5, 5.41) is 8.76. The first-order valence-electron chi connectivity index (χ1n) is 11.0. The van der Waals surface area contributed by atoms with Crippen LogP contribution in [-0.2, 0) is 19.6 Å². The molecule has 33 heavy (non-hydrogen) atoms. The van der Waals surface area contributed by atoms with E-state index in [0.717, 1.165) is 32.1 Å². The Labute approximate surface area is 197 Å². The molecule has 0 radical (unpaired) electrons. The molecule has 1 aliphatic heterocycles. The van der Waals surface area contributed by atoms with Crippen molar-refractivity contribution in [3.8, 4) is 5.75 Å². The van der Waals surface area contributed by atoms with Crippen LogP contribution in [0.25, 0.3) is 0 Å². The van der Waals surface area contributed by atoms with Gasteiger partial charge in [0.05, 0.1) is 23.2 Å². The van der Waals surface area contributed by atoms with E-state index in [1.54, 1.807) is 12.3 Å². The molecule has 1 aromatic rings. The molecule has 4 rings (SSSR count). The number of anilines is 1. The predicted molar refractivity (Wildman–Crippen MR) is 123 cm³/mol. The second kappa shape index (κ2) is 9.44. The number of carboxylic acids is 1. The highest BCUT2D eigenvalue weighted by molar-refractivity contribution is 7.98. The van der Waals surface area contributed by atoms with Crippen molar-refractivity contribution < 1.29 is 32.2 Å². The second-order valence-corrected chi connectivity index (χ2v) is 11.4. The summed E-state index contributed by atoms with van der Waals surface area (Å²) in [5.74, 6) is -2.48. The summed E-state index contributed by atoms with van der Waals surface area (Å²) in [6, 6.07) is 2.70. The van der Waals surface area contributed by atoms with Crippen LogP contribution in [0.4, 0.5) is 10.1 Å². The van der Waals surface area contributed by atoms with E-state index >= 15 is 0 Å². The number of aliphatic carboxylic acids is 1. The number of hydrogen-bond acceptors (Lipinski definition) is 7. The smallest absolute Gasteiger partial charge is 0.368 e. The standard InChI is InChI=1S/C22H29FN2O6S2/c1-3-30-12-15-11-25(22-6-4-14(10-22)5-7-22)17-8-19(32-2)18(31-13-16(23)21(26)27)9-20(17)33(28,29)24-15/h8-9,13-15,24H,3-7,10-12H2,1-2H3,(H,26,27)/b16-13-/t14?,15-,22?/m0/s1. The first-order valence-corrected chi connectivity index (χ1v) is 13.8. The summed E-state index contributed by atoms with van der Waals surface area (Å²) in [7, 11) is -3.94. The molecule has 1 heterocycles. The fraction of sp³-hybridized carbons (Fsp3) is 0.591. The molecule has 2 aliphatic carbocycles. The fourth-order valence-corrected chi connectivity index (χ4v) is 7.30.